The van der Waals surface area contributed by atoms with Crippen LogP contribution in [-0.2, 0) is 0 Å². The minimum absolute atomic E-state index is 0.104. The van der Waals surface area contributed by atoms with Gasteiger partial charge in [0, 0.05) is 0 Å². The first-order valence-electron chi connectivity index (χ1n) is 2.20. The molecule has 2 N–H and O–H groups in total. The number of aromatic nitrogens is 4. The van der Waals surface area contributed by atoms with Crippen molar-refractivity contribution >= 4 is 17.7 Å². The predicted molar refractivity (Wildman–Crippen MR) is 33.8 cm³/mol. The number of hydrogen-bond donors (Lipinski definition) is 1. The third-order valence-corrected chi connectivity index (χ3v) is 1.19. The van der Waals surface area contributed by atoms with Crippen LogP contribution in [0, 0.1) is 0 Å². The maximum Gasteiger partial charge on any atom is 0.259 e. The molecule has 0 atom stereocenters. The zero-order chi connectivity index (χ0) is 6.69. The van der Waals surface area contributed by atoms with E-state index in [-0.39, 0.29) is 5.95 Å². The summed E-state index contributed by atoms with van der Waals surface area (Å²) in [5.41, 5.74) is 5.12. The number of nitrogen functional groups attached to an aromatic ring is 1. The molecule has 0 bridgehead atoms. The Kier molecular flexibility index (Phi) is 1.78. The smallest absolute Gasteiger partial charge is 0.259 e. The first-order chi connectivity index (χ1) is 4.33. The molecular formula is C3H5N5S. The Balaban J connectivity index is 2.88. The van der Waals surface area contributed by atoms with Gasteiger partial charge in [0.25, 0.3) is 5.95 Å². The summed E-state index contributed by atoms with van der Waals surface area (Å²) in [7, 11) is 0. The van der Waals surface area contributed by atoms with Gasteiger partial charge in [-0.3, -0.25) is 0 Å². The topological polar surface area (TPSA) is 77.6 Å². The summed E-state index contributed by atoms with van der Waals surface area (Å²) in [4.78, 5) is 0. The van der Waals surface area contributed by atoms with Gasteiger partial charge in [-0.05, 0) is 6.26 Å². The monoisotopic (exact) mass is 143 g/mol. The van der Waals surface area contributed by atoms with E-state index < -0.39 is 0 Å². The fourth-order valence-electron chi connectivity index (χ4n) is 0.310. The number of nitrogens with zero attached hydrogens (tertiary/aromatic N) is 4. The van der Waals surface area contributed by atoms with Crippen LogP contribution in [0.4, 0.5) is 5.95 Å². The second-order valence-electron chi connectivity index (χ2n) is 1.24. The van der Waals surface area contributed by atoms with E-state index >= 15 is 0 Å². The first kappa shape index (κ1) is 6.21. The van der Waals surface area contributed by atoms with Crippen molar-refractivity contribution in [2.45, 2.75) is 5.16 Å². The number of rotatable bonds is 1. The van der Waals surface area contributed by atoms with E-state index in [1.165, 1.54) is 11.8 Å². The summed E-state index contributed by atoms with van der Waals surface area (Å²) in [5.74, 6) is 0.104. The molecule has 0 fully saturated rings. The van der Waals surface area contributed by atoms with Crippen molar-refractivity contribution in [3.63, 3.8) is 0 Å². The van der Waals surface area contributed by atoms with E-state index in [4.69, 9.17) is 5.73 Å². The lowest BCUT2D eigenvalue weighted by Gasteiger charge is -1.88. The molecule has 48 valence electrons. The standard InChI is InChI=1S/C3H5N5S/c1-9-3-7-5-2(4)6-8-3/h1H3,(H2,4,5,6). The molecule has 0 aromatic carbocycles. The maximum atomic E-state index is 5.12. The summed E-state index contributed by atoms with van der Waals surface area (Å²) >= 11 is 1.37. The molecule has 0 amide bonds. The molecule has 0 unspecified atom stereocenters. The SMILES string of the molecule is CSc1nnc(N)nn1. The highest BCUT2D eigenvalue weighted by atomic mass is 32.2. The van der Waals surface area contributed by atoms with Gasteiger partial charge in [0.15, 0.2) is 0 Å². The van der Waals surface area contributed by atoms with Crippen molar-refractivity contribution in [2.24, 2.45) is 0 Å². The molecule has 0 saturated carbocycles. The van der Waals surface area contributed by atoms with Crippen LogP contribution >= 0.6 is 11.8 Å². The largest absolute Gasteiger partial charge is 0.365 e. The highest BCUT2D eigenvalue weighted by Gasteiger charge is 1.92. The van der Waals surface area contributed by atoms with E-state index in [1.54, 1.807) is 0 Å². The molecule has 0 saturated heterocycles. The number of thioether (sulfide) groups is 1. The van der Waals surface area contributed by atoms with Gasteiger partial charge in [0.05, 0.1) is 0 Å². The van der Waals surface area contributed by atoms with Crippen molar-refractivity contribution in [2.75, 3.05) is 12.0 Å². The van der Waals surface area contributed by atoms with Crippen molar-refractivity contribution in [3.05, 3.63) is 0 Å². The molecule has 1 aromatic heterocycles. The summed E-state index contributed by atoms with van der Waals surface area (Å²) in [6.45, 7) is 0. The molecule has 1 heterocycles. The van der Waals surface area contributed by atoms with E-state index in [9.17, 15) is 0 Å². The molecular weight excluding hydrogens is 138 g/mol. The zero-order valence-corrected chi connectivity index (χ0v) is 5.59. The summed E-state index contributed by atoms with van der Waals surface area (Å²) in [6.07, 6.45) is 1.84. The fourth-order valence-corrected chi connectivity index (χ4v) is 0.555. The lowest BCUT2D eigenvalue weighted by molar-refractivity contribution is 0.759. The Labute approximate surface area is 56.1 Å². The molecule has 6 heteroatoms. The number of nitrogens with two attached hydrogens (primary N) is 1. The van der Waals surface area contributed by atoms with Gasteiger partial charge >= 0.3 is 0 Å². The van der Waals surface area contributed by atoms with Gasteiger partial charge < -0.3 is 5.73 Å². The van der Waals surface area contributed by atoms with Crippen molar-refractivity contribution in [1.29, 1.82) is 0 Å². The van der Waals surface area contributed by atoms with E-state index in [1.807, 2.05) is 6.26 Å². The molecule has 0 aliphatic rings. The van der Waals surface area contributed by atoms with E-state index in [0.717, 1.165) is 0 Å². The lowest BCUT2D eigenvalue weighted by Crippen LogP contribution is -2.00. The minimum atomic E-state index is 0.104. The van der Waals surface area contributed by atoms with E-state index in [0.29, 0.717) is 5.16 Å². The van der Waals surface area contributed by atoms with Gasteiger partial charge in [-0.1, -0.05) is 11.8 Å². The maximum absolute atomic E-state index is 5.12. The molecule has 0 radical (unpaired) electrons. The predicted octanol–water partition coefficient (Wildman–Crippen LogP) is -0.429. The van der Waals surface area contributed by atoms with Crippen LogP contribution in [0.1, 0.15) is 0 Å². The quantitative estimate of drug-likeness (QED) is 0.537. The third kappa shape index (κ3) is 1.49. The average Bonchev–Trinajstić information content (AvgIpc) is 1.90. The normalized spacial score (nSPS) is 9.44. The van der Waals surface area contributed by atoms with Crippen LogP contribution in [0.5, 0.6) is 0 Å². The van der Waals surface area contributed by atoms with Gasteiger partial charge in [0.2, 0.25) is 5.16 Å². The highest BCUT2D eigenvalue weighted by molar-refractivity contribution is 7.98. The zero-order valence-electron chi connectivity index (χ0n) is 4.77. The lowest BCUT2D eigenvalue weighted by atomic mass is 11.1. The van der Waals surface area contributed by atoms with E-state index in [2.05, 4.69) is 20.4 Å². The third-order valence-electron chi connectivity index (χ3n) is 0.659. The Hall–Kier alpha value is -0.910. The van der Waals surface area contributed by atoms with Gasteiger partial charge in [-0.15, -0.1) is 20.4 Å². The molecule has 9 heavy (non-hydrogen) atoms. The summed E-state index contributed by atoms with van der Waals surface area (Å²) in [6, 6.07) is 0. The van der Waals surface area contributed by atoms with Crippen LogP contribution in [0.2, 0.25) is 0 Å². The summed E-state index contributed by atoms with van der Waals surface area (Å²) < 4.78 is 0. The first-order valence-corrected chi connectivity index (χ1v) is 3.42. The average molecular weight is 143 g/mol. The van der Waals surface area contributed by atoms with Crippen molar-refractivity contribution < 1.29 is 0 Å². The Bertz CT molecular complexity index is 184. The van der Waals surface area contributed by atoms with Crippen LogP contribution in [0.15, 0.2) is 5.16 Å². The highest BCUT2D eigenvalue weighted by Crippen LogP contribution is 2.02. The molecule has 0 spiro atoms. The second-order valence-corrected chi connectivity index (χ2v) is 2.02. The van der Waals surface area contributed by atoms with Crippen LogP contribution in [-0.4, -0.2) is 26.7 Å². The molecule has 5 nitrogen and oxygen atoms in total. The molecule has 0 aliphatic carbocycles. The van der Waals surface area contributed by atoms with Gasteiger partial charge in [-0.2, -0.15) is 0 Å². The van der Waals surface area contributed by atoms with Crippen LogP contribution < -0.4 is 5.73 Å². The number of hydrogen-bond acceptors (Lipinski definition) is 6. The fraction of sp³-hybridized carbons (Fsp3) is 0.333. The molecule has 1 rings (SSSR count). The van der Waals surface area contributed by atoms with Gasteiger partial charge in [0.1, 0.15) is 0 Å². The number of anilines is 1. The van der Waals surface area contributed by atoms with Crippen LogP contribution in [0.25, 0.3) is 0 Å². The van der Waals surface area contributed by atoms with Gasteiger partial charge in [-0.25, -0.2) is 0 Å². The Morgan fingerprint density at radius 3 is 2.22 bits per heavy atom. The van der Waals surface area contributed by atoms with Crippen LogP contribution in [0.3, 0.4) is 0 Å². The molecule has 1 aromatic rings. The summed E-state index contributed by atoms with van der Waals surface area (Å²) in [5, 5.41) is 14.7. The van der Waals surface area contributed by atoms with Crippen molar-refractivity contribution in [1.82, 2.24) is 20.4 Å². The second kappa shape index (κ2) is 2.58. The Morgan fingerprint density at radius 2 is 1.78 bits per heavy atom. The van der Waals surface area contributed by atoms with Crippen molar-refractivity contribution in [3.8, 4) is 0 Å². The minimum Gasteiger partial charge on any atom is -0.365 e. The molecule has 0 aliphatic heterocycles. The Morgan fingerprint density at radius 1 is 1.22 bits per heavy atom.